The summed E-state index contributed by atoms with van der Waals surface area (Å²) in [5, 5.41) is 1.85. The summed E-state index contributed by atoms with van der Waals surface area (Å²) in [6.07, 6.45) is 3.78. The molecule has 6 heteroatoms. The lowest BCUT2D eigenvalue weighted by Gasteiger charge is -2.14. The average Bonchev–Trinajstić information content (AvgIpc) is 3.19. The molecule has 4 rings (SSSR count). The van der Waals surface area contributed by atoms with Gasteiger partial charge in [-0.05, 0) is 30.7 Å². The minimum Gasteiger partial charge on any atom is -0.329 e. The van der Waals surface area contributed by atoms with Gasteiger partial charge in [-0.3, -0.25) is 0 Å². The van der Waals surface area contributed by atoms with Crippen molar-refractivity contribution >= 4 is 34.4 Å². The lowest BCUT2D eigenvalue weighted by molar-refractivity contribution is 0.738. The Hall–Kier alpha value is -2.24. The van der Waals surface area contributed by atoms with Crippen LogP contribution in [0.5, 0.6) is 0 Å². The predicted octanol–water partition coefficient (Wildman–Crippen LogP) is 5.32. The first-order valence-corrected chi connectivity index (χ1v) is 9.71. The van der Waals surface area contributed by atoms with Crippen LogP contribution in [-0.2, 0) is 13.6 Å². The van der Waals surface area contributed by atoms with E-state index in [1.54, 1.807) is 11.8 Å². The van der Waals surface area contributed by atoms with Crippen LogP contribution in [-0.4, -0.2) is 19.1 Å². The van der Waals surface area contributed by atoms with E-state index in [0.29, 0.717) is 5.02 Å². The normalized spacial score (nSPS) is 12.6. The van der Waals surface area contributed by atoms with Gasteiger partial charge in [0.2, 0.25) is 0 Å². The molecule has 0 fully saturated rings. The molecule has 0 bridgehead atoms. The molecule has 0 aliphatic heterocycles. The van der Waals surface area contributed by atoms with Crippen LogP contribution in [0.1, 0.15) is 23.6 Å². The van der Waals surface area contributed by atoms with Crippen LogP contribution in [0, 0.1) is 0 Å². The Labute approximate surface area is 161 Å². The first-order valence-electron chi connectivity index (χ1n) is 8.45. The number of hydrogen-bond donors (Lipinski definition) is 0. The maximum absolute atomic E-state index is 6.19. The van der Waals surface area contributed by atoms with Gasteiger partial charge in [0.05, 0.1) is 16.3 Å². The lowest BCUT2D eigenvalue weighted by atomic mass is 10.2. The Morgan fingerprint density at radius 2 is 1.96 bits per heavy atom. The van der Waals surface area contributed by atoms with E-state index in [9.17, 15) is 0 Å². The molecule has 0 radical (unpaired) electrons. The third kappa shape index (κ3) is 3.37. The number of aryl methyl sites for hydroxylation is 1. The van der Waals surface area contributed by atoms with E-state index >= 15 is 0 Å². The number of halogens is 1. The number of rotatable bonds is 5. The van der Waals surface area contributed by atoms with E-state index in [4.69, 9.17) is 16.6 Å². The molecule has 26 heavy (non-hydrogen) atoms. The van der Waals surface area contributed by atoms with Crippen LogP contribution >= 0.6 is 23.4 Å². The quantitative estimate of drug-likeness (QED) is 0.438. The third-order valence-corrected chi connectivity index (χ3v) is 5.75. The molecule has 1 atom stereocenters. The van der Waals surface area contributed by atoms with E-state index in [1.807, 2.05) is 42.2 Å². The SMILES string of the molecule is CC(Sc1nccn1C)c1nc2cc(Cl)ccc2n1Cc1ccccc1. The number of aromatic nitrogens is 4. The second-order valence-electron chi connectivity index (χ2n) is 6.26. The average molecular weight is 383 g/mol. The van der Waals surface area contributed by atoms with Crippen LogP contribution in [0.3, 0.4) is 0 Å². The Balaban J connectivity index is 1.77. The molecule has 4 aromatic rings. The zero-order chi connectivity index (χ0) is 18.1. The summed E-state index contributed by atoms with van der Waals surface area (Å²) in [6, 6.07) is 16.4. The third-order valence-electron chi connectivity index (χ3n) is 4.35. The summed E-state index contributed by atoms with van der Waals surface area (Å²) in [6.45, 7) is 2.95. The molecule has 132 valence electrons. The molecule has 2 aromatic carbocycles. The molecule has 2 aromatic heterocycles. The van der Waals surface area contributed by atoms with E-state index in [-0.39, 0.29) is 5.25 Å². The van der Waals surface area contributed by atoms with Crippen LogP contribution in [0.15, 0.2) is 66.1 Å². The van der Waals surface area contributed by atoms with Gasteiger partial charge < -0.3 is 9.13 Å². The molecule has 0 N–H and O–H groups in total. The second kappa shape index (κ2) is 7.17. The van der Waals surface area contributed by atoms with Crippen molar-refractivity contribution in [1.82, 2.24) is 19.1 Å². The fraction of sp³-hybridized carbons (Fsp3) is 0.200. The number of hydrogen-bond acceptors (Lipinski definition) is 3. The topological polar surface area (TPSA) is 35.6 Å². The highest BCUT2D eigenvalue weighted by atomic mass is 35.5. The minimum atomic E-state index is 0.158. The van der Waals surface area contributed by atoms with Crippen molar-refractivity contribution < 1.29 is 0 Å². The fourth-order valence-corrected chi connectivity index (χ4v) is 4.16. The highest BCUT2D eigenvalue weighted by molar-refractivity contribution is 7.99. The lowest BCUT2D eigenvalue weighted by Crippen LogP contribution is -2.07. The van der Waals surface area contributed by atoms with Crippen molar-refractivity contribution in [2.24, 2.45) is 7.05 Å². The first-order chi connectivity index (χ1) is 12.6. The van der Waals surface area contributed by atoms with Gasteiger partial charge >= 0.3 is 0 Å². The van der Waals surface area contributed by atoms with Gasteiger partial charge in [-0.2, -0.15) is 0 Å². The smallest absolute Gasteiger partial charge is 0.168 e. The van der Waals surface area contributed by atoms with Gasteiger partial charge in [-0.25, -0.2) is 9.97 Å². The van der Waals surface area contributed by atoms with Crippen molar-refractivity contribution in [3.05, 3.63) is 77.3 Å². The van der Waals surface area contributed by atoms with Gasteiger partial charge in [0, 0.05) is 31.0 Å². The maximum Gasteiger partial charge on any atom is 0.168 e. The zero-order valence-electron chi connectivity index (χ0n) is 14.6. The van der Waals surface area contributed by atoms with E-state index < -0.39 is 0 Å². The molecule has 0 aliphatic carbocycles. The summed E-state index contributed by atoms with van der Waals surface area (Å²) in [7, 11) is 2.01. The van der Waals surface area contributed by atoms with Crippen LogP contribution in [0.25, 0.3) is 11.0 Å². The van der Waals surface area contributed by atoms with Crippen LogP contribution in [0.2, 0.25) is 5.02 Å². The van der Waals surface area contributed by atoms with Crippen molar-refractivity contribution in [3.8, 4) is 0 Å². The predicted molar refractivity (Wildman–Crippen MR) is 108 cm³/mol. The Morgan fingerprint density at radius 1 is 1.15 bits per heavy atom. The summed E-state index contributed by atoms with van der Waals surface area (Å²) in [5.41, 5.74) is 3.27. The van der Waals surface area contributed by atoms with Gasteiger partial charge in [0.15, 0.2) is 5.16 Å². The van der Waals surface area contributed by atoms with Crippen LogP contribution in [0.4, 0.5) is 0 Å². The number of benzene rings is 2. The summed E-state index contributed by atoms with van der Waals surface area (Å²) in [5.74, 6) is 1.03. The van der Waals surface area contributed by atoms with Gasteiger partial charge in [-0.1, -0.05) is 53.7 Å². The molecule has 4 nitrogen and oxygen atoms in total. The van der Waals surface area contributed by atoms with E-state index in [0.717, 1.165) is 28.6 Å². The van der Waals surface area contributed by atoms with Crippen molar-refractivity contribution in [1.29, 1.82) is 0 Å². The van der Waals surface area contributed by atoms with Crippen molar-refractivity contribution in [2.45, 2.75) is 23.9 Å². The summed E-state index contributed by atoms with van der Waals surface area (Å²) >= 11 is 7.90. The monoisotopic (exact) mass is 382 g/mol. The van der Waals surface area contributed by atoms with Gasteiger partial charge in [0.1, 0.15) is 5.82 Å². The van der Waals surface area contributed by atoms with E-state index in [2.05, 4.69) is 46.8 Å². The van der Waals surface area contributed by atoms with Gasteiger partial charge in [0.25, 0.3) is 0 Å². The molecule has 0 spiro atoms. The Bertz CT molecular complexity index is 1040. The largest absolute Gasteiger partial charge is 0.329 e. The standard InChI is InChI=1S/C20H19ClN4S/c1-14(26-20-22-10-11-24(20)2)19-23-17-12-16(21)8-9-18(17)25(19)13-15-6-4-3-5-7-15/h3-12,14H,13H2,1-2H3. The highest BCUT2D eigenvalue weighted by Gasteiger charge is 2.19. The highest BCUT2D eigenvalue weighted by Crippen LogP contribution is 2.35. The Kier molecular flexibility index (Phi) is 4.74. The summed E-state index contributed by atoms with van der Waals surface area (Å²) in [4.78, 5) is 9.33. The maximum atomic E-state index is 6.19. The van der Waals surface area contributed by atoms with E-state index in [1.165, 1.54) is 5.56 Å². The molecular formula is C20H19ClN4S. The zero-order valence-corrected chi connectivity index (χ0v) is 16.2. The molecule has 2 heterocycles. The minimum absolute atomic E-state index is 0.158. The molecule has 0 amide bonds. The molecule has 1 unspecified atom stereocenters. The van der Waals surface area contributed by atoms with Gasteiger partial charge in [-0.15, -0.1) is 0 Å². The number of imidazole rings is 2. The number of nitrogens with zero attached hydrogens (tertiary/aromatic N) is 4. The fourth-order valence-electron chi connectivity index (χ4n) is 3.04. The molecule has 0 aliphatic rings. The van der Waals surface area contributed by atoms with Crippen molar-refractivity contribution in [3.63, 3.8) is 0 Å². The second-order valence-corrected chi connectivity index (χ2v) is 8.00. The first kappa shape index (κ1) is 17.2. The Morgan fingerprint density at radius 3 is 2.69 bits per heavy atom. The molecule has 0 saturated carbocycles. The number of fused-ring (bicyclic) bond motifs is 1. The summed E-state index contributed by atoms with van der Waals surface area (Å²) < 4.78 is 4.31. The van der Waals surface area contributed by atoms with Crippen LogP contribution < -0.4 is 0 Å². The number of thioether (sulfide) groups is 1. The van der Waals surface area contributed by atoms with Crippen molar-refractivity contribution in [2.75, 3.05) is 0 Å². The molecule has 0 saturated heterocycles. The molecular weight excluding hydrogens is 364 g/mol.